The highest BCUT2D eigenvalue weighted by Crippen LogP contribution is 2.19. The Hall–Kier alpha value is -2.67. The van der Waals surface area contributed by atoms with Crippen molar-refractivity contribution in [2.45, 2.75) is 12.5 Å². The van der Waals surface area contributed by atoms with Gasteiger partial charge >= 0.3 is 0 Å². The molecule has 1 atom stereocenters. The van der Waals surface area contributed by atoms with E-state index in [1.165, 1.54) is 19.4 Å². The second-order valence-electron chi connectivity index (χ2n) is 4.31. The monoisotopic (exact) mass is 274 g/mol. The van der Waals surface area contributed by atoms with Crippen LogP contribution in [0.4, 0.5) is 0 Å². The number of rotatable bonds is 3. The van der Waals surface area contributed by atoms with Gasteiger partial charge in [0.2, 0.25) is 0 Å². The molecule has 0 unspecified atom stereocenters. The van der Waals surface area contributed by atoms with Crippen molar-refractivity contribution < 1.29 is 14.7 Å². The number of nitrogens with zero attached hydrogens (tertiary/aromatic N) is 1. The number of carbonyl (C=O) groups is 2. The number of hydrogen-bond donors (Lipinski definition) is 4. The van der Waals surface area contributed by atoms with Gasteiger partial charge in [0.05, 0.1) is 12.5 Å². The highest BCUT2D eigenvalue weighted by molar-refractivity contribution is 5.94. The molecule has 7 heteroatoms. The first-order chi connectivity index (χ1) is 9.51. The third-order valence-corrected chi connectivity index (χ3v) is 2.81. The quantitative estimate of drug-likeness (QED) is 0.594. The summed E-state index contributed by atoms with van der Waals surface area (Å²) >= 11 is 0. The minimum Gasteiger partial charge on any atom is -0.375 e. The highest BCUT2D eigenvalue weighted by Gasteiger charge is 2.32. The Balaban J connectivity index is 2.00. The topological polar surface area (TPSA) is 107 Å². The highest BCUT2D eigenvalue weighted by atomic mass is 16.3. The Morgan fingerprint density at radius 1 is 1.25 bits per heavy atom. The van der Waals surface area contributed by atoms with E-state index in [9.17, 15) is 14.7 Å². The minimum atomic E-state index is -1.75. The molecule has 0 saturated heterocycles. The molecule has 7 nitrogen and oxygen atoms in total. The Kier molecular flexibility index (Phi) is 3.81. The van der Waals surface area contributed by atoms with E-state index < -0.39 is 17.4 Å². The smallest absolute Gasteiger partial charge is 0.287 e. The lowest BCUT2D eigenvalue weighted by molar-refractivity contribution is -0.139. The molecule has 1 heterocycles. The normalized spacial score (nSPS) is 13.3. The summed E-state index contributed by atoms with van der Waals surface area (Å²) in [6.07, 6.45) is 2.66. The van der Waals surface area contributed by atoms with Gasteiger partial charge in [0.25, 0.3) is 11.8 Å². The lowest BCUT2D eigenvalue weighted by Crippen LogP contribution is -2.50. The van der Waals surface area contributed by atoms with Crippen molar-refractivity contribution in [1.82, 2.24) is 20.8 Å². The molecule has 20 heavy (non-hydrogen) atoms. The second-order valence-corrected chi connectivity index (χ2v) is 4.31. The fraction of sp³-hybridized carbons (Fsp3) is 0.154. The molecule has 0 radical (unpaired) electrons. The van der Waals surface area contributed by atoms with Crippen LogP contribution in [0.15, 0.2) is 42.9 Å². The molecule has 2 amide bonds. The number of imidazole rings is 1. The molecule has 0 aliphatic heterocycles. The number of benzene rings is 1. The van der Waals surface area contributed by atoms with Crippen molar-refractivity contribution in [2.24, 2.45) is 0 Å². The van der Waals surface area contributed by atoms with Crippen LogP contribution in [0.25, 0.3) is 0 Å². The zero-order valence-electron chi connectivity index (χ0n) is 10.8. The predicted molar refractivity (Wildman–Crippen MR) is 70.2 cm³/mol. The number of aromatic nitrogens is 2. The zero-order valence-corrected chi connectivity index (χ0v) is 10.8. The molecule has 0 saturated carbocycles. The molecule has 0 aliphatic rings. The fourth-order valence-electron chi connectivity index (χ4n) is 1.58. The van der Waals surface area contributed by atoms with Gasteiger partial charge in [0, 0.05) is 0 Å². The van der Waals surface area contributed by atoms with Crippen LogP contribution >= 0.6 is 0 Å². The first-order valence-corrected chi connectivity index (χ1v) is 5.89. The lowest BCUT2D eigenvalue weighted by atomic mass is 9.95. The van der Waals surface area contributed by atoms with Crippen LogP contribution in [-0.2, 0) is 10.4 Å². The number of nitrogens with one attached hydrogen (secondary N) is 3. The predicted octanol–water partition coefficient (Wildman–Crippen LogP) is 0.0784. The van der Waals surface area contributed by atoms with Gasteiger partial charge in [0.15, 0.2) is 5.60 Å². The van der Waals surface area contributed by atoms with Crippen LogP contribution in [0.2, 0.25) is 0 Å². The number of H-pyrrole nitrogens is 1. The molecule has 1 aromatic carbocycles. The summed E-state index contributed by atoms with van der Waals surface area (Å²) < 4.78 is 0. The molecule has 4 N–H and O–H groups in total. The van der Waals surface area contributed by atoms with Crippen molar-refractivity contribution in [3.8, 4) is 0 Å². The fourth-order valence-corrected chi connectivity index (χ4v) is 1.58. The molecule has 0 bridgehead atoms. The van der Waals surface area contributed by atoms with Crippen molar-refractivity contribution in [3.63, 3.8) is 0 Å². The Bertz CT molecular complexity index is 593. The standard InChI is InChI=1S/C13H14N4O3/c1-13(20,9-5-3-2-4-6-9)12(19)17-16-11(18)10-7-14-8-15-10/h2-8,20H,1H3,(H,14,15)(H,16,18)(H,17,19)/t13-/m0/s1. The SMILES string of the molecule is C[C@@](O)(C(=O)NNC(=O)c1cnc[nH]1)c1ccccc1. The van der Waals surface area contributed by atoms with Gasteiger partial charge in [-0.15, -0.1) is 0 Å². The van der Waals surface area contributed by atoms with Crippen LogP contribution in [0.5, 0.6) is 0 Å². The number of aliphatic hydroxyl groups is 1. The van der Waals surface area contributed by atoms with Gasteiger partial charge in [-0.2, -0.15) is 0 Å². The molecular weight excluding hydrogens is 260 g/mol. The Labute approximate surface area is 115 Å². The van der Waals surface area contributed by atoms with Gasteiger partial charge in [-0.25, -0.2) is 4.98 Å². The third-order valence-electron chi connectivity index (χ3n) is 2.81. The van der Waals surface area contributed by atoms with Gasteiger partial charge in [-0.3, -0.25) is 20.4 Å². The van der Waals surface area contributed by atoms with Gasteiger partial charge < -0.3 is 10.1 Å². The van der Waals surface area contributed by atoms with Gasteiger partial charge in [-0.05, 0) is 12.5 Å². The summed E-state index contributed by atoms with van der Waals surface area (Å²) in [5.74, 6) is -1.30. The van der Waals surface area contributed by atoms with Crippen LogP contribution < -0.4 is 10.9 Å². The van der Waals surface area contributed by atoms with E-state index in [-0.39, 0.29) is 5.69 Å². The molecule has 0 fully saturated rings. The summed E-state index contributed by atoms with van der Waals surface area (Å²) in [4.78, 5) is 29.8. The lowest BCUT2D eigenvalue weighted by Gasteiger charge is -2.22. The van der Waals surface area contributed by atoms with Crippen LogP contribution in [0, 0.1) is 0 Å². The molecular formula is C13H14N4O3. The molecule has 1 aromatic heterocycles. The first kappa shape index (κ1) is 13.8. The molecule has 104 valence electrons. The Morgan fingerprint density at radius 3 is 2.55 bits per heavy atom. The zero-order chi connectivity index (χ0) is 14.6. The van der Waals surface area contributed by atoms with E-state index in [1.807, 2.05) is 0 Å². The van der Waals surface area contributed by atoms with Crippen molar-refractivity contribution >= 4 is 11.8 Å². The number of amides is 2. The summed E-state index contributed by atoms with van der Waals surface area (Å²) in [6.45, 7) is 1.35. The van der Waals surface area contributed by atoms with Gasteiger partial charge in [-0.1, -0.05) is 30.3 Å². The maximum atomic E-state index is 11.9. The third kappa shape index (κ3) is 2.83. The summed E-state index contributed by atoms with van der Waals surface area (Å²) in [6, 6.07) is 8.44. The van der Waals surface area contributed by atoms with Crippen LogP contribution in [-0.4, -0.2) is 26.9 Å². The van der Waals surface area contributed by atoms with E-state index in [0.717, 1.165) is 0 Å². The number of hydrazine groups is 1. The average Bonchev–Trinajstić information content (AvgIpc) is 2.99. The van der Waals surface area contributed by atoms with Gasteiger partial charge in [0.1, 0.15) is 5.69 Å². The minimum absolute atomic E-state index is 0.199. The maximum Gasteiger partial charge on any atom is 0.287 e. The van der Waals surface area contributed by atoms with E-state index >= 15 is 0 Å². The molecule has 0 spiro atoms. The molecule has 2 rings (SSSR count). The summed E-state index contributed by atoms with van der Waals surface area (Å²) in [5, 5.41) is 10.2. The van der Waals surface area contributed by atoms with Crippen molar-refractivity contribution in [3.05, 3.63) is 54.1 Å². The number of aromatic amines is 1. The maximum absolute atomic E-state index is 11.9. The average molecular weight is 274 g/mol. The summed E-state index contributed by atoms with van der Waals surface area (Å²) in [5.41, 5.74) is 3.24. The molecule has 0 aliphatic carbocycles. The first-order valence-electron chi connectivity index (χ1n) is 5.89. The molecule has 2 aromatic rings. The van der Waals surface area contributed by atoms with E-state index in [1.54, 1.807) is 30.3 Å². The van der Waals surface area contributed by atoms with E-state index in [4.69, 9.17) is 0 Å². The summed E-state index contributed by atoms with van der Waals surface area (Å²) in [7, 11) is 0. The second kappa shape index (κ2) is 5.54. The number of hydrogen-bond acceptors (Lipinski definition) is 4. The van der Waals surface area contributed by atoms with E-state index in [2.05, 4.69) is 20.8 Å². The number of carbonyl (C=O) groups excluding carboxylic acids is 2. The largest absolute Gasteiger partial charge is 0.375 e. The Morgan fingerprint density at radius 2 is 1.95 bits per heavy atom. The van der Waals surface area contributed by atoms with E-state index in [0.29, 0.717) is 5.56 Å². The van der Waals surface area contributed by atoms with Crippen molar-refractivity contribution in [2.75, 3.05) is 0 Å². The van der Waals surface area contributed by atoms with Crippen LogP contribution in [0.1, 0.15) is 23.0 Å². The van der Waals surface area contributed by atoms with Crippen LogP contribution in [0.3, 0.4) is 0 Å². The van der Waals surface area contributed by atoms with Crippen molar-refractivity contribution in [1.29, 1.82) is 0 Å².